The minimum Gasteiger partial charge on any atom is -0.490 e. The highest BCUT2D eigenvalue weighted by atomic mass is 35.5. The molecule has 39 heavy (non-hydrogen) atoms. The predicted octanol–water partition coefficient (Wildman–Crippen LogP) is 4.91. The quantitative estimate of drug-likeness (QED) is 0.347. The van der Waals surface area contributed by atoms with E-state index in [9.17, 15) is 9.59 Å². The first-order valence-electron chi connectivity index (χ1n) is 12.9. The van der Waals surface area contributed by atoms with Crippen LogP contribution in [0.25, 0.3) is 22.2 Å². The summed E-state index contributed by atoms with van der Waals surface area (Å²) in [4.78, 5) is 41.4. The van der Waals surface area contributed by atoms with Gasteiger partial charge in [0.1, 0.15) is 12.4 Å². The Morgan fingerprint density at radius 2 is 1.97 bits per heavy atom. The third kappa shape index (κ3) is 4.81. The lowest BCUT2D eigenvalue weighted by molar-refractivity contribution is -0.114. The van der Waals surface area contributed by atoms with Gasteiger partial charge in [-0.25, -0.2) is 9.97 Å². The van der Waals surface area contributed by atoms with Crippen molar-refractivity contribution in [2.75, 3.05) is 36.5 Å². The van der Waals surface area contributed by atoms with Crippen LogP contribution in [0.4, 0.5) is 11.6 Å². The van der Waals surface area contributed by atoms with Crippen LogP contribution in [0.2, 0.25) is 5.02 Å². The number of amides is 2. The van der Waals surface area contributed by atoms with Crippen molar-refractivity contribution in [3.8, 4) is 17.0 Å². The van der Waals surface area contributed by atoms with Crippen molar-refractivity contribution in [3.63, 3.8) is 0 Å². The van der Waals surface area contributed by atoms with E-state index >= 15 is 0 Å². The Morgan fingerprint density at radius 1 is 1.15 bits per heavy atom. The second-order valence-electron chi connectivity index (χ2n) is 9.57. The number of anilines is 2. The van der Waals surface area contributed by atoms with Gasteiger partial charge in [-0.3, -0.25) is 9.59 Å². The number of rotatable bonds is 5. The molecular formula is C29H27ClN6O3. The first-order chi connectivity index (χ1) is 19.0. The first-order valence-corrected chi connectivity index (χ1v) is 13.3. The Kier molecular flexibility index (Phi) is 6.66. The largest absolute Gasteiger partial charge is 0.490 e. The fourth-order valence-corrected chi connectivity index (χ4v) is 5.37. The lowest BCUT2D eigenvalue weighted by Gasteiger charge is -2.33. The number of hydrogen-bond donors (Lipinski definition) is 2. The van der Waals surface area contributed by atoms with Gasteiger partial charge in [-0.05, 0) is 43.2 Å². The number of fused-ring (bicyclic) bond motifs is 2. The zero-order valence-electron chi connectivity index (χ0n) is 21.2. The molecular weight excluding hydrogens is 516 g/mol. The number of carbonyl (C=O) groups is 2. The smallest absolute Gasteiger partial charge is 0.253 e. The molecule has 0 aliphatic carbocycles. The highest BCUT2D eigenvalue weighted by Gasteiger charge is 2.27. The minimum absolute atomic E-state index is 0.0720. The number of halogens is 1. The van der Waals surface area contributed by atoms with Crippen molar-refractivity contribution in [1.82, 2.24) is 19.9 Å². The van der Waals surface area contributed by atoms with Crippen LogP contribution in [-0.2, 0) is 4.79 Å². The number of hydrogen-bond acceptors (Lipinski definition) is 6. The van der Waals surface area contributed by atoms with Crippen molar-refractivity contribution >= 4 is 46.0 Å². The molecule has 0 saturated carbocycles. The number of piperidine rings is 1. The molecule has 2 aromatic carbocycles. The van der Waals surface area contributed by atoms with E-state index in [1.54, 1.807) is 29.3 Å². The van der Waals surface area contributed by atoms with Gasteiger partial charge in [-0.15, -0.1) is 0 Å². The summed E-state index contributed by atoms with van der Waals surface area (Å²) < 4.78 is 5.68. The summed E-state index contributed by atoms with van der Waals surface area (Å²) in [6.45, 7) is 5.57. The van der Waals surface area contributed by atoms with Crippen LogP contribution in [0, 0.1) is 0 Å². The molecule has 0 bridgehead atoms. The van der Waals surface area contributed by atoms with Gasteiger partial charge in [0, 0.05) is 47.4 Å². The Morgan fingerprint density at radius 3 is 2.79 bits per heavy atom. The highest BCUT2D eigenvalue weighted by molar-refractivity contribution is 6.33. The second kappa shape index (κ2) is 10.4. The van der Waals surface area contributed by atoms with E-state index in [2.05, 4.69) is 21.9 Å². The van der Waals surface area contributed by atoms with Crippen LogP contribution in [0.3, 0.4) is 0 Å². The molecule has 1 saturated heterocycles. The number of ether oxygens (including phenoxy) is 1. The maximum absolute atomic E-state index is 13.3. The minimum atomic E-state index is -0.215. The zero-order chi connectivity index (χ0) is 26.9. The average molecular weight is 543 g/mol. The van der Waals surface area contributed by atoms with Gasteiger partial charge in [0.05, 0.1) is 29.1 Å². The van der Waals surface area contributed by atoms with Crippen molar-refractivity contribution < 1.29 is 14.3 Å². The maximum atomic E-state index is 13.3. The number of nitrogens with one attached hydrogen (secondary N) is 2. The van der Waals surface area contributed by atoms with E-state index in [0.717, 1.165) is 29.3 Å². The number of nitrogens with zero attached hydrogens (tertiary/aromatic N) is 4. The molecule has 0 unspecified atom stereocenters. The molecule has 0 radical (unpaired) electrons. The molecule has 2 aromatic heterocycles. The SMILES string of the molecule is C=CC(=O)N1CCOc2ccc(C(=O)N3CCC(Nc4ncc(Cl)c(-c5c[nH]c6ccccc56)n4)CC3)cc21. The molecule has 0 spiro atoms. The molecule has 4 aromatic rings. The van der Waals surface area contributed by atoms with Gasteiger partial charge >= 0.3 is 0 Å². The fraction of sp³-hybridized carbons (Fsp3) is 0.241. The van der Waals surface area contributed by atoms with Crippen LogP contribution >= 0.6 is 11.6 Å². The molecule has 2 amide bonds. The van der Waals surface area contributed by atoms with Crippen LogP contribution in [0.5, 0.6) is 5.75 Å². The monoisotopic (exact) mass is 542 g/mol. The average Bonchev–Trinajstić information content (AvgIpc) is 3.41. The number of likely N-dealkylation sites (tertiary alicyclic amines) is 1. The molecule has 9 nitrogen and oxygen atoms in total. The molecule has 198 valence electrons. The van der Waals surface area contributed by atoms with Gasteiger partial charge < -0.3 is 24.8 Å². The normalized spacial score (nSPS) is 15.5. The second-order valence-corrected chi connectivity index (χ2v) is 9.98. The lowest BCUT2D eigenvalue weighted by Crippen LogP contribution is -2.42. The Hall–Kier alpha value is -4.37. The standard InChI is InChI=1S/C29H27ClN6O3/c1-2-26(37)36-13-14-39-25-8-7-18(15-24(25)36)28(38)35-11-9-19(10-12-35)33-29-32-17-22(30)27(34-29)21-16-31-23-6-4-3-5-20(21)23/h2-8,15-17,19,31H,1,9-14H2,(H,32,33,34). The summed E-state index contributed by atoms with van der Waals surface area (Å²) in [5.74, 6) is 0.808. The number of aromatic amines is 1. The molecule has 6 rings (SSSR count). The van der Waals surface area contributed by atoms with Crippen molar-refractivity contribution in [2.45, 2.75) is 18.9 Å². The summed E-state index contributed by atoms with van der Waals surface area (Å²) in [6.07, 6.45) is 6.29. The molecule has 2 aliphatic heterocycles. The summed E-state index contributed by atoms with van der Waals surface area (Å²) in [7, 11) is 0. The van der Waals surface area contributed by atoms with E-state index in [1.165, 1.54) is 6.08 Å². The molecule has 4 heterocycles. The van der Waals surface area contributed by atoms with Gasteiger partial charge in [0.25, 0.3) is 11.8 Å². The van der Waals surface area contributed by atoms with Gasteiger partial charge in [0.15, 0.2) is 0 Å². The van der Waals surface area contributed by atoms with E-state index in [-0.39, 0.29) is 17.9 Å². The van der Waals surface area contributed by atoms with Crippen LogP contribution in [0.1, 0.15) is 23.2 Å². The summed E-state index contributed by atoms with van der Waals surface area (Å²) in [5, 5.41) is 4.95. The number of H-pyrrole nitrogens is 1. The third-order valence-electron chi connectivity index (χ3n) is 7.21. The number of para-hydroxylation sites is 1. The molecule has 1 fully saturated rings. The maximum Gasteiger partial charge on any atom is 0.253 e. The van der Waals surface area contributed by atoms with Crippen molar-refractivity contribution in [2.24, 2.45) is 0 Å². The van der Waals surface area contributed by atoms with Crippen LogP contribution in [0.15, 0.2) is 67.5 Å². The Balaban J connectivity index is 1.13. The number of carbonyl (C=O) groups excluding carboxylic acids is 2. The topological polar surface area (TPSA) is 103 Å². The van der Waals surface area contributed by atoms with Crippen LogP contribution < -0.4 is 15.0 Å². The summed E-state index contributed by atoms with van der Waals surface area (Å²) >= 11 is 6.48. The van der Waals surface area contributed by atoms with E-state index in [1.807, 2.05) is 35.4 Å². The Bertz CT molecular complexity index is 1580. The fourth-order valence-electron chi connectivity index (χ4n) is 5.17. The highest BCUT2D eigenvalue weighted by Crippen LogP contribution is 2.34. The van der Waals surface area contributed by atoms with E-state index < -0.39 is 0 Å². The molecule has 10 heteroatoms. The molecule has 2 aliphatic rings. The summed E-state index contributed by atoms with van der Waals surface area (Å²) in [6, 6.07) is 13.4. The van der Waals surface area contributed by atoms with E-state index in [4.69, 9.17) is 21.3 Å². The van der Waals surface area contributed by atoms with E-state index in [0.29, 0.717) is 59.9 Å². The number of benzene rings is 2. The van der Waals surface area contributed by atoms with Crippen LogP contribution in [-0.4, -0.2) is 63.9 Å². The zero-order valence-corrected chi connectivity index (χ0v) is 21.9. The van der Waals surface area contributed by atoms with Gasteiger partial charge in [0.2, 0.25) is 5.95 Å². The van der Waals surface area contributed by atoms with Crippen molar-refractivity contribution in [3.05, 3.63) is 78.1 Å². The van der Waals surface area contributed by atoms with Gasteiger partial charge in [-0.2, -0.15) is 0 Å². The van der Waals surface area contributed by atoms with Crippen molar-refractivity contribution in [1.29, 1.82) is 0 Å². The summed E-state index contributed by atoms with van der Waals surface area (Å²) in [5.41, 5.74) is 3.72. The first kappa shape index (κ1) is 24.9. The van der Waals surface area contributed by atoms with Gasteiger partial charge in [-0.1, -0.05) is 36.4 Å². The molecule has 0 atom stereocenters. The predicted molar refractivity (Wildman–Crippen MR) is 151 cm³/mol. The number of aromatic nitrogens is 3. The third-order valence-corrected chi connectivity index (χ3v) is 7.49. The Labute approximate surface area is 230 Å². The lowest BCUT2D eigenvalue weighted by atomic mass is 10.0. The molecule has 2 N–H and O–H groups in total.